The van der Waals surface area contributed by atoms with Crippen LogP contribution in [0.15, 0.2) is 52.4 Å². The highest BCUT2D eigenvalue weighted by Crippen LogP contribution is 2.39. The molecule has 0 aliphatic carbocycles. The van der Waals surface area contributed by atoms with Crippen molar-refractivity contribution in [2.24, 2.45) is 5.73 Å². The fourth-order valence-corrected chi connectivity index (χ4v) is 5.15. The number of hydrogen-bond acceptors (Lipinski definition) is 7. The molecule has 0 spiro atoms. The third-order valence-corrected chi connectivity index (χ3v) is 7.10. The van der Waals surface area contributed by atoms with Gasteiger partial charge in [0.25, 0.3) is 0 Å². The second kappa shape index (κ2) is 11.6. The van der Waals surface area contributed by atoms with Gasteiger partial charge >= 0.3 is 12.4 Å². The first-order valence-corrected chi connectivity index (χ1v) is 12.8. The van der Waals surface area contributed by atoms with E-state index in [1.54, 1.807) is 29.2 Å². The Kier molecular flexibility index (Phi) is 8.49. The summed E-state index contributed by atoms with van der Waals surface area (Å²) < 4.78 is 84.6. The van der Waals surface area contributed by atoms with Gasteiger partial charge in [-0.3, -0.25) is 5.41 Å². The number of halogens is 7. The van der Waals surface area contributed by atoms with Crippen LogP contribution in [0, 0.1) is 5.41 Å². The second-order valence-electron chi connectivity index (χ2n) is 9.13. The second-order valence-corrected chi connectivity index (χ2v) is 9.98. The minimum Gasteiger partial charge on any atom is -0.370 e. The number of nitrogens with one attached hydrogen (secondary N) is 2. The molecule has 4 N–H and O–H groups in total. The standard InChI is InChI=1S/C25H21F6N7OS.ClH/c26-24(27,28)15-8-14(9-16(10-15)25(29,30)31)19-12-40-23(35-19)34-17-5-3-13(4-6-17)21-36-20(39-37-21)11-18-2-1-7-38(18)22(32)33;/h3-6,8-10,12,18H,1-2,7,11H2,(H3,32,33)(H,34,35);1H/t18-;/m0./s1. The van der Waals surface area contributed by atoms with Crippen LogP contribution in [0.1, 0.15) is 29.9 Å². The van der Waals surface area contributed by atoms with Gasteiger partial charge in [-0.1, -0.05) is 5.16 Å². The van der Waals surface area contributed by atoms with Crippen molar-refractivity contribution in [3.63, 3.8) is 0 Å². The summed E-state index contributed by atoms with van der Waals surface area (Å²) in [7, 11) is 0. The van der Waals surface area contributed by atoms with E-state index in [2.05, 4.69) is 20.4 Å². The summed E-state index contributed by atoms with van der Waals surface area (Å²) in [5.74, 6) is 0.808. The van der Waals surface area contributed by atoms with E-state index >= 15 is 0 Å². The van der Waals surface area contributed by atoms with Crippen LogP contribution in [0.3, 0.4) is 0 Å². The molecule has 1 fully saturated rings. The van der Waals surface area contributed by atoms with Crippen LogP contribution in [0.4, 0.5) is 37.2 Å². The minimum atomic E-state index is -4.94. The Morgan fingerprint density at radius 1 is 1.02 bits per heavy atom. The molecule has 2 aromatic heterocycles. The fraction of sp³-hybridized carbons (Fsp3) is 0.280. The van der Waals surface area contributed by atoms with Crippen molar-refractivity contribution in [2.45, 2.75) is 37.7 Å². The Bertz CT molecular complexity index is 1490. The number of thiazole rings is 1. The van der Waals surface area contributed by atoms with Crippen LogP contribution in [-0.4, -0.2) is 38.6 Å². The van der Waals surface area contributed by atoms with E-state index < -0.39 is 23.5 Å². The smallest absolute Gasteiger partial charge is 0.370 e. The maximum absolute atomic E-state index is 13.2. The maximum Gasteiger partial charge on any atom is 0.416 e. The van der Waals surface area contributed by atoms with Crippen molar-refractivity contribution in [3.8, 4) is 22.6 Å². The lowest BCUT2D eigenvalue weighted by Crippen LogP contribution is -2.41. The first kappa shape index (κ1) is 30.1. The van der Waals surface area contributed by atoms with Crippen LogP contribution in [0.25, 0.3) is 22.6 Å². The SMILES string of the molecule is Cl.N=C(N)N1CCC[C@H]1Cc1nc(-c2ccc(Nc3nc(-c4cc(C(F)(F)F)cc(C(F)(F)F)c4)cs3)cc2)no1. The molecular formula is C25H22ClF6N7OS. The topological polar surface area (TPSA) is 117 Å². The average molecular weight is 618 g/mol. The van der Waals surface area contributed by atoms with E-state index in [0.29, 0.717) is 48.1 Å². The van der Waals surface area contributed by atoms with Gasteiger partial charge in [0.2, 0.25) is 11.7 Å². The summed E-state index contributed by atoms with van der Waals surface area (Å²) in [5, 5.41) is 16.3. The third-order valence-electron chi connectivity index (χ3n) is 6.35. The molecule has 0 amide bonds. The highest BCUT2D eigenvalue weighted by Gasteiger charge is 2.37. The molecule has 3 heterocycles. The summed E-state index contributed by atoms with van der Waals surface area (Å²) in [6.45, 7) is 0.713. The third kappa shape index (κ3) is 6.90. The van der Waals surface area contributed by atoms with E-state index in [9.17, 15) is 26.3 Å². The zero-order valence-electron chi connectivity index (χ0n) is 20.9. The zero-order chi connectivity index (χ0) is 28.7. The average Bonchev–Trinajstić information content (AvgIpc) is 3.65. The number of anilines is 2. The molecule has 1 aliphatic rings. The lowest BCUT2D eigenvalue weighted by molar-refractivity contribution is -0.143. The van der Waals surface area contributed by atoms with Crippen molar-refractivity contribution in [1.29, 1.82) is 5.41 Å². The Morgan fingerprint density at radius 3 is 2.29 bits per heavy atom. The molecule has 0 saturated carbocycles. The first-order valence-electron chi connectivity index (χ1n) is 11.9. The molecule has 41 heavy (non-hydrogen) atoms. The lowest BCUT2D eigenvalue weighted by atomic mass is 10.0. The molecule has 1 aliphatic heterocycles. The Balaban J connectivity index is 0.00000387. The van der Waals surface area contributed by atoms with Gasteiger partial charge in [0, 0.05) is 41.2 Å². The Morgan fingerprint density at radius 2 is 1.68 bits per heavy atom. The van der Waals surface area contributed by atoms with Crippen LogP contribution in [0.2, 0.25) is 0 Å². The van der Waals surface area contributed by atoms with E-state index in [0.717, 1.165) is 24.2 Å². The molecule has 0 bridgehead atoms. The highest BCUT2D eigenvalue weighted by molar-refractivity contribution is 7.14. The summed E-state index contributed by atoms with van der Waals surface area (Å²) in [6.07, 6.45) is -7.63. The van der Waals surface area contributed by atoms with Gasteiger partial charge in [-0.15, -0.1) is 23.7 Å². The fourth-order valence-electron chi connectivity index (χ4n) is 4.41. The first-order chi connectivity index (χ1) is 18.9. The summed E-state index contributed by atoms with van der Waals surface area (Å²) in [4.78, 5) is 10.4. The number of alkyl halides is 6. The molecule has 1 atom stereocenters. The summed E-state index contributed by atoms with van der Waals surface area (Å²) in [6, 6.07) is 8.25. The quantitative estimate of drug-likeness (QED) is 0.122. The van der Waals surface area contributed by atoms with Crippen molar-refractivity contribution >= 4 is 40.5 Å². The van der Waals surface area contributed by atoms with Gasteiger partial charge in [-0.2, -0.15) is 31.3 Å². The zero-order valence-corrected chi connectivity index (χ0v) is 22.5. The van der Waals surface area contributed by atoms with Crippen molar-refractivity contribution in [3.05, 3.63) is 64.9 Å². The monoisotopic (exact) mass is 617 g/mol. The number of rotatable bonds is 6. The molecule has 2 aromatic carbocycles. The molecule has 16 heteroatoms. The van der Waals surface area contributed by atoms with Crippen LogP contribution in [0.5, 0.6) is 0 Å². The number of likely N-dealkylation sites (tertiary alicyclic amines) is 1. The number of benzene rings is 2. The summed E-state index contributed by atoms with van der Waals surface area (Å²) in [5.41, 5.74) is 3.76. The Labute approximate surface area is 239 Å². The number of guanidine groups is 1. The van der Waals surface area contributed by atoms with Gasteiger partial charge in [-0.25, -0.2) is 4.98 Å². The highest BCUT2D eigenvalue weighted by atomic mass is 35.5. The molecule has 0 unspecified atom stereocenters. The molecule has 1 saturated heterocycles. The number of nitrogens with two attached hydrogens (primary N) is 1. The molecule has 218 valence electrons. The lowest BCUT2D eigenvalue weighted by Gasteiger charge is -2.23. The molecule has 8 nitrogen and oxygen atoms in total. The molecular weight excluding hydrogens is 596 g/mol. The van der Waals surface area contributed by atoms with E-state index in [4.69, 9.17) is 15.7 Å². The molecule has 5 rings (SSSR count). The van der Waals surface area contributed by atoms with Crippen LogP contribution >= 0.6 is 23.7 Å². The number of hydrogen-bond donors (Lipinski definition) is 3. The molecule has 4 aromatic rings. The van der Waals surface area contributed by atoms with Gasteiger partial charge in [0.05, 0.1) is 16.8 Å². The minimum absolute atomic E-state index is 0. The van der Waals surface area contributed by atoms with E-state index in [1.807, 2.05) is 0 Å². The van der Waals surface area contributed by atoms with Crippen LogP contribution < -0.4 is 11.1 Å². The van der Waals surface area contributed by atoms with Crippen molar-refractivity contribution < 1.29 is 30.9 Å². The normalized spacial score (nSPS) is 15.6. The van der Waals surface area contributed by atoms with Crippen molar-refractivity contribution in [2.75, 3.05) is 11.9 Å². The summed E-state index contributed by atoms with van der Waals surface area (Å²) >= 11 is 1.03. The van der Waals surface area contributed by atoms with Gasteiger partial charge in [0.1, 0.15) is 0 Å². The predicted octanol–water partition coefficient (Wildman–Crippen LogP) is 6.96. The Hall–Kier alpha value is -3.85. The number of nitrogens with zero attached hydrogens (tertiary/aromatic N) is 4. The van der Waals surface area contributed by atoms with Gasteiger partial charge in [-0.05, 0) is 55.3 Å². The van der Waals surface area contributed by atoms with Crippen LogP contribution in [-0.2, 0) is 18.8 Å². The van der Waals surface area contributed by atoms with E-state index in [-0.39, 0.29) is 46.9 Å². The van der Waals surface area contributed by atoms with E-state index in [1.165, 1.54) is 5.38 Å². The number of aromatic nitrogens is 3. The van der Waals surface area contributed by atoms with Gasteiger partial charge < -0.3 is 20.5 Å². The molecule has 0 radical (unpaired) electrons. The van der Waals surface area contributed by atoms with Gasteiger partial charge in [0.15, 0.2) is 11.1 Å². The van der Waals surface area contributed by atoms with Crippen molar-refractivity contribution in [1.82, 2.24) is 20.0 Å². The largest absolute Gasteiger partial charge is 0.416 e. The maximum atomic E-state index is 13.2. The predicted molar refractivity (Wildman–Crippen MR) is 143 cm³/mol.